The number of hydrogen-bond donors (Lipinski definition) is 0. The highest BCUT2D eigenvalue weighted by Gasteiger charge is 2.32. The van der Waals surface area contributed by atoms with Gasteiger partial charge in [-0.2, -0.15) is 5.10 Å². The Morgan fingerprint density at radius 2 is 2.12 bits per heavy atom. The standard InChI is InChI=1S/C19H22N4O2/c1-21-13-15(12-20-21)17-7-3-10-23(17)19(25)14-5-2-6-16(11-14)22-9-4-8-18(22)24/h2,5-6,11-13,17H,3-4,7-10H2,1H3. The van der Waals surface area contributed by atoms with Crippen molar-refractivity contribution in [3.05, 3.63) is 47.8 Å². The van der Waals surface area contributed by atoms with Crippen LogP contribution in [0.5, 0.6) is 0 Å². The predicted octanol–water partition coefficient (Wildman–Crippen LogP) is 2.52. The summed E-state index contributed by atoms with van der Waals surface area (Å²) in [5.41, 5.74) is 2.55. The first kappa shape index (κ1) is 15.9. The van der Waals surface area contributed by atoms with Crippen LogP contribution in [0.2, 0.25) is 0 Å². The molecule has 1 aromatic heterocycles. The van der Waals surface area contributed by atoms with E-state index in [1.54, 1.807) is 9.58 Å². The summed E-state index contributed by atoms with van der Waals surface area (Å²) >= 11 is 0. The molecule has 2 aliphatic rings. The van der Waals surface area contributed by atoms with Gasteiger partial charge in [-0.25, -0.2) is 0 Å². The lowest BCUT2D eigenvalue weighted by molar-refractivity contribution is -0.117. The van der Waals surface area contributed by atoms with Crippen LogP contribution in [0.3, 0.4) is 0 Å². The molecule has 2 aromatic rings. The minimum atomic E-state index is 0.0276. The number of benzene rings is 1. The van der Waals surface area contributed by atoms with Crippen LogP contribution in [0, 0.1) is 0 Å². The van der Waals surface area contributed by atoms with E-state index in [4.69, 9.17) is 0 Å². The van der Waals surface area contributed by atoms with Gasteiger partial charge in [0.05, 0.1) is 12.2 Å². The van der Waals surface area contributed by atoms with Gasteiger partial charge in [0.2, 0.25) is 5.91 Å². The summed E-state index contributed by atoms with van der Waals surface area (Å²) in [6, 6.07) is 7.54. The average Bonchev–Trinajstić information content (AvgIpc) is 3.34. The van der Waals surface area contributed by atoms with Crippen LogP contribution in [0.4, 0.5) is 5.69 Å². The van der Waals surface area contributed by atoms with E-state index < -0.39 is 0 Å². The van der Waals surface area contributed by atoms with Gasteiger partial charge in [0.1, 0.15) is 0 Å². The minimum absolute atomic E-state index is 0.0276. The summed E-state index contributed by atoms with van der Waals surface area (Å²) in [7, 11) is 1.89. The molecule has 1 atom stereocenters. The third kappa shape index (κ3) is 2.92. The molecule has 130 valence electrons. The molecule has 0 saturated carbocycles. The maximum atomic E-state index is 13.1. The first-order valence-electron chi connectivity index (χ1n) is 8.83. The van der Waals surface area contributed by atoms with Crippen molar-refractivity contribution in [1.29, 1.82) is 0 Å². The van der Waals surface area contributed by atoms with Crippen LogP contribution in [0.15, 0.2) is 36.7 Å². The van der Waals surface area contributed by atoms with E-state index in [2.05, 4.69) is 5.10 Å². The number of amides is 2. The number of hydrogen-bond acceptors (Lipinski definition) is 3. The molecule has 0 aliphatic carbocycles. The number of carbonyl (C=O) groups excluding carboxylic acids is 2. The second-order valence-electron chi connectivity index (χ2n) is 6.80. The summed E-state index contributed by atoms with van der Waals surface area (Å²) in [5.74, 6) is 0.166. The lowest BCUT2D eigenvalue weighted by Gasteiger charge is -2.25. The van der Waals surface area contributed by atoms with E-state index in [1.807, 2.05) is 48.6 Å². The molecule has 1 aromatic carbocycles. The van der Waals surface area contributed by atoms with Crippen molar-refractivity contribution in [1.82, 2.24) is 14.7 Å². The number of likely N-dealkylation sites (tertiary alicyclic amines) is 1. The van der Waals surface area contributed by atoms with Gasteiger partial charge in [0, 0.05) is 49.6 Å². The Morgan fingerprint density at radius 3 is 2.84 bits per heavy atom. The van der Waals surface area contributed by atoms with Gasteiger partial charge in [-0.05, 0) is 37.5 Å². The Balaban J connectivity index is 1.59. The Morgan fingerprint density at radius 1 is 1.24 bits per heavy atom. The molecular formula is C19H22N4O2. The van der Waals surface area contributed by atoms with Gasteiger partial charge in [0.15, 0.2) is 0 Å². The lowest BCUT2D eigenvalue weighted by atomic mass is 10.1. The summed E-state index contributed by atoms with van der Waals surface area (Å²) < 4.78 is 1.77. The fourth-order valence-corrected chi connectivity index (χ4v) is 3.86. The number of carbonyl (C=O) groups is 2. The van der Waals surface area contributed by atoms with E-state index in [0.29, 0.717) is 12.0 Å². The van der Waals surface area contributed by atoms with Gasteiger partial charge >= 0.3 is 0 Å². The highest BCUT2D eigenvalue weighted by atomic mass is 16.2. The third-order valence-corrected chi connectivity index (χ3v) is 5.10. The molecule has 2 aliphatic heterocycles. The highest BCUT2D eigenvalue weighted by molar-refractivity contribution is 5.99. The molecule has 2 fully saturated rings. The van der Waals surface area contributed by atoms with Gasteiger partial charge in [-0.3, -0.25) is 14.3 Å². The lowest BCUT2D eigenvalue weighted by Crippen LogP contribution is -2.31. The second-order valence-corrected chi connectivity index (χ2v) is 6.80. The molecular weight excluding hydrogens is 316 g/mol. The molecule has 0 radical (unpaired) electrons. The smallest absolute Gasteiger partial charge is 0.254 e. The van der Waals surface area contributed by atoms with Gasteiger partial charge in [-0.15, -0.1) is 0 Å². The molecule has 0 bridgehead atoms. The summed E-state index contributed by atoms with van der Waals surface area (Å²) in [5, 5.41) is 4.24. The van der Waals surface area contributed by atoms with E-state index in [0.717, 1.165) is 43.6 Å². The zero-order valence-electron chi connectivity index (χ0n) is 14.4. The van der Waals surface area contributed by atoms with Gasteiger partial charge in [0.25, 0.3) is 5.91 Å². The maximum absolute atomic E-state index is 13.1. The van der Waals surface area contributed by atoms with Crippen LogP contribution >= 0.6 is 0 Å². The van der Waals surface area contributed by atoms with Crippen molar-refractivity contribution in [3.8, 4) is 0 Å². The molecule has 3 heterocycles. The quantitative estimate of drug-likeness (QED) is 0.864. The van der Waals surface area contributed by atoms with Crippen molar-refractivity contribution in [3.63, 3.8) is 0 Å². The summed E-state index contributed by atoms with van der Waals surface area (Å²) in [6.07, 6.45) is 7.25. The van der Waals surface area contributed by atoms with E-state index >= 15 is 0 Å². The molecule has 0 spiro atoms. The molecule has 1 unspecified atom stereocenters. The Labute approximate surface area is 147 Å². The van der Waals surface area contributed by atoms with E-state index in [1.165, 1.54) is 0 Å². The van der Waals surface area contributed by atoms with Crippen LogP contribution < -0.4 is 4.90 Å². The van der Waals surface area contributed by atoms with Crippen molar-refractivity contribution < 1.29 is 9.59 Å². The zero-order chi connectivity index (χ0) is 17.4. The summed E-state index contributed by atoms with van der Waals surface area (Å²) in [6.45, 7) is 1.49. The number of aromatic nitrogens is 2. The topological polar surface area (TPSA) is 58.4 Å². The first-order valence-corrected chi connectivity index (χ1v) is 8.83. The largest absolute Gasteiger partial charge is 0.331 e. The summed E-state index contributed by atoms with van der Waals surface area (Å²) in [4.78, 5) is 28.8. The normalized spacial score (nSPS) is 20.5. The third-order valence-electron chi connectivity index (χ3n) is 5.10. The van der Waals surface area contributed by atoms with E-state index in [-0.39, 0.29) is 17.9 Å². The van der Waals surface area contributed by atoms with Crippen molar-refractivity contribution >= 4 is 17.5 Å². The maximum Gasteiger partial charge on any atom is 0.254 e. The van der Waals surface area contributed by atoms with Crippen LogP contribution in [0.25, 0.3) is 0 Å². The fourth-order valence-electron chi connectivity index (χ4n) is 3.86. The Hall–Kier alpha value is -2.63. The SMILES string of the molecule is Cn1cc(C2CCCN2C(=O)c2cccc(N3CCCC3=O)c2)cn1. The molecule has 2 amide bonds. The van der Waals surface area contributed by atoms with E-state index in [9.17, 15) is 9.59 Å². The van der Waals surface area contributed by atoms with Gasteiger partial charge in [-0.1, -0.05) is 6.07 Å². The van der Waals surface area contributed by atoms with Gasteiger partial charge < -0.3 is 9.80 Å². The Kier molecular flexibility index (Phi) is 4.03. The predicted molar refractivity (Wildman–Crippen MR) is 94.2 cm³/mol. The molecule has 4 rings (SSSR count). The average molecular weight is 338 g/mol. The fraction of sp³-hybridized carbons (Fsp3) is 0.421. The van der Waals surface area contributed by atoms with Crippen LogP contribution in [0.1, 0.15) is 47.6 Å². The first-order chi connectivity index (χ1) is 12.1. The second kappa shape index (κ2) is 6.35. The number of rotatable bonds is 3. The molecule has 25 heavy (non-hydrogen) atoms. The van der Waals surface area contributed by atoms with Crippen molar-refractivity contribution in [2.45, 2.75) is 31.7 Å². The van der Waals surface area contributed by atoms with Crippen LogP contribution in [-0.4, -0.2) is 39.6 Å². The molecule has 6 nitrogen and oxygen atoms in total. The minimum Gasteiger partial charge on any atom is -0.331 e. The van der Waals surface area contributed by atoms with Crippen molar-refractivity contribution in [2.75, 3.05) is 18.0 Å². The monoisotopic (exact) mass is 338 g/mol. The number of nitrogens with zero attached hydrogens (tertiary/aromatic N) is 4. The molecule has 0 N–H and O–H groups in total. The van der Waals surface area contributed by atoms with Crippen molar-refractivity contribution in [2.24, 2.45) is 7.05 Å². The molecule has 2 saturated heterocycles. The number of aryl methyl sites for hydroxylation is 1. The molecule has 6 heteroatoms. The zero-order valence-corrected chi connectivity index (χ0v) is 14.4. The number of anilines is 1. The van der Waals surface area contributed by atoms with Crippen LogP contribution in [-0.2, 0) is 11.8 Å². The Bertz CT molecular complexity index is 813. The highest BCUT2D eigenvalue weighted by Crippen LogP contribution is 2.33.